The lowest BCUT2D eigenvalue weighted by Crippen LogP contribution is -2.23. The summed E-state index contributed by atoms with van der Waals surface area (Å²) in [5.41, 5.74) is -0.707. The van der Waals surface area contributed by atoms with Gasteiger partial charge in [0.25, 0.3) is 10.1 Å². The van der Waals surface area contributed by atoms with Crippen LogP contribution < -0.4 is 9.47 Å². The summed E-state index contributed by atoms with van der Waals surface area (Å²) in [4.78, 5) is 2.33. The summed E-state index contributed by atoms with van der Waals surface area (Å²) in [5.74, 6) is 1.38. The molecule has 0 heterocycles. The van der Waals surface area contributed by atoms with E-state index in [9.17, 15) is 8.42 Å². The van der Waals surface area contributed by atoms with Gasteiger partial charge >= 0.3 is 0 Å². The first-order valence-corrected chi connectivity index (χ1v) is 15.8. The topological polar surface area (TPSA) is 61.8 Å². The zero-order valence-electron chi connectivity index (χ0n) is 23.0. The van der Waals surface area contributed by atoms with Crippen molar-refractivity contribution in [2.24, 2.45) is 0 Å². The van der Waals surface area contributed by atoms with E-state index in [1.54, 1.807) is 0 Å². The standard InChI is InChI=1S/C30H40O5S2/c1-8-9-23-36(31,32)35-37(26-13-11-10-12-14-26,27-19-15-24(16-20-27)33-29(2,3)4)28-21-17-25(18-22-28)34-30(5,6)7/h10-22H,8-9,23H2,1-7H3. The Morgan fingerprint density at radius 1 is 0.622 bits per heavy atom. The van der Waals surface area contributed by atoms with Gasteiger partial charge in [-0.3, -0.25) is 0 Å². The van der Waals surface area contributed by atoms with Crippen LogP contribution in [0.15, 0.2) is 93.5 Å². The van der Waals surface area contributed by atoms with Crippen LogP contribution in [-0.4, -0.2) is 25.4 Å². The van der Waals surface area contributed by atoms with Gasteiger partial charge in [0.05, 0.1) is 5.75 Å². The molecule has 0 saturated carbocycles. The molecule has 202 valence electrons. The summed E-state index contributed by atoms with van der Waals surface area (Å²) < 4.78 is 45.2. The molecule has 0 unspecified atom stereocenters. The highest BCUT2D eigenvalue weighted by molar-refractivity contribution is 8.33. The molecule has 0 saturated heterocycles. The van der Waals surface area contributed by atoms with Gasteiger partial charge in [0.15, 0.2) is 0 Å². The fraction of sp³-hybridized carbons (Fsp3) is 0.400. The number of unbranched alkanes of at least 4 members (excludes halogenated alkanes) is 1. The number of hydrogen-bond donors (Lipinski definition) is 0. The Bertz CT molecular complexity index is 1180. The lowest BCUT2D eigenvalue weighted by molar-refractivity contribution is 0.130. The van der Waals surface area contributed by atoms with Gasteiger partial charge in [-0.25, -0.2) is 3.63 Å². The Morgan fingerprint density at radius 3 is 1.41 bits per heavy atom. The Labute approximate surface area is 224 Å². The van der Waals surface area contributed by atoms with Crippen molar-refractivity contribution >= 4 is 20.4 Å². The number of hydrogen-bond acceptors (Lipinski definition) is 5. The van der Waals surface area contributed by atoms with Crippen molar-refractivity contribution in [1.29, 1.82) is 0 Å². The van der Waals surface area contributed by atoms with Gasteiger partial charge in [-0.1, -0.05) is 31.5 Å². The van der Waals surface area contributed by atoms with Gasteiger partial charge in [-0.05, 0) is 119 Å². The van der Waals surface area contributed by atoms with Crippen molar-refractivity contribution in [2.45, 2.75) is 87.2 Å². The van der Waals surface area contributed by atoms with Gasteiger partial charge in [-0.15, -0.1) is 0 Å². The molecule has 0 atom stereocenters. The molecule has 0 radical (unpaired) electrons. The molecular weight excluding hydrogens is 504 g/mol. The minimum atomic E-state index is -3.85. The molecule has 0 aromatic heterocycles. The molecule has 37 heavy (non-hydrogen) atoms. The maximum atomic E-state index is 13.4. The third-order valence-electron chi connectivity index (χ3n) is 5.19. The third-order valence-corrected chi connectivity index (χ3v) is 10.4. The molecule has 0 N–H and O–H groups in total. The van der Waals surface area contributed by atoms with Gasteiger partial charge in [-0.2, -0.15) is 8.42 Å². The average molecular weight is 545 g/mol. The summed E-state index contributed by atoms with van der Waals surface area (Å²) in [5, 5.41) is 0. The summed E-state index contributed by atoms with van der Waals surface area (Å²) in [6.07, 6.45) is 1.29. The highest BCUT2D eigenvalue weighted by atomic mass is 32.3. The quantitative estimate of drug-likeness (QED) is 0.256. The fourth-order valence-electron chi connectivity index (χ4n) is 3.75. The monoisotopic (exact) mass is 544 g/mol. The van der Waals surface area contributed by atoms with Crippen molar-refractivity contribution in [3.05, 3.63) is 78.9 Å². The molecule has 0 aliphatic carbocycles. The predicted molar refractivity (Wildman–Crippen MR) is 152 cm³/mol. The van der Waals surface area contributed by atoms with Crippen LogP contribution in [0.4, 0.5) is 0 Å². The van der Waals surface area contributed by atoms with E-state index in [1.807, 2.05) is 127 Å². The maximum absolute atomic E-state index is 13.4. The minimum Gasteiger partial charge on any atom is -0.488 e. The Morgan fingerprint density at radius 2 is 1.03 bits per heavy atom. The molecule has 0 amide bonds. The largest absolute Gasteiger partial charge is 0.488 e. The first-order valence-electron chi connectivity index (χ1n) is 12.6. The first-order chi connectivity index (χ1) is 17.2. The molecule has 0 fully saturated rings. The normalized spacial score (nSPS) is 13.3. The minimum absolute atomic E-state index is 0.0402. The van der Waals surface area contributed by atoms with Gasteiger partial charge < -0.3 is 9.47 Å². The van der Waals surface area contributed by atoms with Gasteiger partial charge in [0.1, 0.15) is 22.7 Å². The van der Waals surface area contributed by atoms with Crippen molar-refractivity contribution in [3.63, 3.8) is 0 Å². The van der Waals surface area contributed by atoms with E-state index in [1.165, 1.54) is 0 Å². The van der Waals surface area contributed by atoms with Crippen LogP contribution in [-0.2, 0) is 13.7 Å². The number of ether oxygens (including phenoxy) is 2. The Balaban J connectivity index is 2.23. The molecule has 7 heteroatoms. The fourth-order valence-corrected chi connectivity index (χ4v) is 9.25. The Kier molecular flexibility index (Phi) is 9.04. The zero-order valence-corrected chi connectivity index (χ0v) is 24.6. The van der Waals surface area contributed by atoms with Gasteiger partial charge in [0, 0.05) is 14.7 Å². The van der Waals surface area contributed by atoms with E-state index < -0.39 is 20.4 Å². The summed E-state index contributed by atoms with van der Waals surface area (Å²) in [6, 6.07) is 24.8. The summed E-state index contributed by atoms with van der Waals surface area (Å²) >= 11 is 0. The van der Waals surface area contributed by atoms with Gasteiger partial charge in [0.2, 0.25) is 0 Å². The van der Waals surface area contributed by atoms with Crippen LogP contribution in [0, 0.1) is 0 Å². The second-order valence-electron chi connectivity index (χ2n) is 10.9. The lowest BCUT2D eigenvalue weighted by atomic mass is 10.2. The second-order valence-corrected chi connectivity index (χ2v) is 15.5. The van der Waals surface area contributed by atoms with E-state index in [2.05, 4.69) is 0 Å². The molecule has 0 aliphatic rings. The van der Waals surface area contributed by atoms with E-state index in [4.69, 9.17) is 13.1 Å². The first kappa shape index (κ1) is 29.1. The van der Waals surface area contributed by atoms with Crippen LogP contribution in [0.5, 0.6) is 11.5 Å². The predicted octanol–water partition coefficient (Wildman–Crippen LogP) is 8.38. The molecular formula is C30H40O5S2. The van der Waals surface area contributed by atoms with Crippen molar-refractivity contribution in [2.75, 3.05) is 5.75 Å². The van der Waals surface area contributed by atoms with Crippen LogP contribution in [0.2, 0.25) is 0 Å². The van der Waals surface area contributed by atoms with E-state index in [0.717, 1.165) is 21.1 Å². The molecule has 3 aromatic carbocycles. The second kappa shape index (κ2) is 11.5. The van der Waals surface area contributed by atoms with Crippen molar-refractivity contribution in [3.8, 4) is 11.5 Å². The van der Waals surface area contributed by atoms with E-state index >= 15 is 0 Å². The SMILES string of the molecule is CCCCS(=O)(=O)OS(c1ccccc1)(c1ccc(OC(C)(C)C)cc1)c1ccc(OC(C)(C)C)cc1. The number of rotatable bonds is 10. The highest BCUT2D eigenvalue weighted by Gasteiger charge is 2.37. The molecule has 0 bridgehead atoms. The van der Waals surface area contributed by atoms with Crippen molar-refractivity contribution in [1.82, 2.24) is 0 Å². The average Bonchev–Trinajstić information content (AvgIpc) is 2.81. The smallest absolute Gasteiger partial charge is 0.277 e. The van der Waals surface area contributed by atoms with Crippen molar-refractivity contribution < 1.29 is 21.5 Å². The third kappa shape index (κ3) is 8.00. The molecule has 5 nitrogen and oxygen atoms in total. The van der Waals surface area contributed by atoms with Crippen LogP contribution in [0.3, 0.4) is 0 Å². The van der Waals surface area contributed by atoms with E-state index in [0.29, 0.717) is 17.9 Å². The summed E-state index contributed by atoms with van der Waals surface area (Å²) in [7, 11) is -6.49. The maximum Gasteiger partial charge on any atom is 0.277 e. The molecule has 3 rings (SSSR count). The molecule has 3 aromatic rings. The van der Waals surface area contributed by atoms with E-state index in [-0.39, 0.29) is 17.0 Å². The number of benzene rings is 3. The lowest BCUT2D eigenvalue weighted by Gasteiger charge is -2.39. The van der Waals surface area contributed by atoms with Crippen LogP contribution in [0.1, 0.15) is 61.3 Å². The molecule has 0 spiro atoms. The van der Waals surface area contributed by atoms with Crippen LogP contribution in [0.25, 0.3) is 0 Å². The zero-order chi connectivity index (χ0) is 27.3. The molecule has 0 aliphatic heterocycles. The summed E-state index contributed by atoms with van der Waals surface area (Å²) in [6.45, 7) is 13.9. The van der Waals surface area contributed by atoms with Crippen LogP contribution >= 0.6 is 10.3 Å². The highest BCUT2D eigenvalue weighted by Crippen LogP contribution is 2.70. The Hall–Kier alpha value is -2.48.